The zero-order valence-corrected chi connectivity index (χ0v) is 16.5. The van der Waals surface area contributed by atoms with Crippen LogP contribution in [-0.4, -0.2) is 31.2 Å². The minimum atomic E-state index is -3.45. The van der Waals surface area contributed by atoms with Crippen LogP contribution in [0, 0.1) is 0 Å². The maximum Gasteiger partial charge on any atom is 0.220 e. The van der Waals surface area contributed by atoms with E-state index in [1.165, 1.54) is 6.07 Å². The Bertz CT molecular complexity index is 873. The van der Waals surface area contributed by atoms with Crippen LogP contribution in [0.2, 0.25) is 5.02 Å². The molecule has 1 fully saturated rings. The van der Waals surface area contributed by atoms with Crippen LogP contribution in [0.4, 0.5) is 5.69 Å². The van der Waals surface area contributed by atoms with Gasteiger partial charge in [-0.15, -0.1) is 0 Å². The summed E-state index contributed by atoms with van der Waals surface area (Å²) >= 11 is 6.44. The van der Waals surface area contributed by atoms with Crippen LogP contribution in [0.3, 0.4) is 0 Å². The van der Waals surface area contributed by atoms with Gasteiger partial charge in [-0.2, -0.15) is 4.99 Å². The smallest absolute Gasteiger partial charge is 0.220 e. The molecule has 0 amide bonds. The minimum absolute atomic E-state index is 0.141. The van der Waals surface area contributed by atoms with Gasteiger partial charge >= 0.3 is 0 Å². The molecule has 1 spiro atoms. The Kier molecular flexibility index (Phi) is 4.92. The highest BCUT2D eigenvalue weighted by molar-refractivity contribution is 7.92. The summed E-state index contributed by atoms with van der Waals surface area (Å²) in [5.74, 6) is 0.322. The van der Waals surface area contributed by atoms with Crippen molar-refractivity contribution >= 4 is 39.0 Å². The molecule has 1 aromatic rings. The van der Waals surface area contributed by atoms with Crippen molar-refractivity contribution in [1.82, 2.24) is 0 Å². The maximum absolute atomic E-state index is 12.6. The van der Waals surface area contributed by atoms with E-state index in [1.807, 2.05) is 0 Å². The number of hydrogen-bond acceptors (Lipinski definition) is 7. The second-order valence-electron chi connectivity index (χ2n) is 7.03. The fourth-order valence-corrected chi connectivity index (χ4v) is 4.86. The zero-order valence-electron chi connectivity index (χ0n) is 14.9. The summed E-state index contributed by atoms with van der Waals surface area (Å²) in [5.41, 5.74) is 11.9. The average Bonchev–Trinajstić information content (AvgIpc) is 2.56. The van der Waals surface area contributed by atoms with Crippen LogP contribution in [-0.2, 0) is 9.84 Å². The third-order valence-corrected chi connectivity index (χ3v) is 7.43. The van der Waals surface area contributed by atoms with Gasteiger partial charge in [0.05, 0.1) is 20.9 Å². The van der Waals surface area contributed by atoms with Crippen LogP contribution in [0.1, 0.15) is 46.0 Å². The van der Waals surface area contributed by atoms with Gasteiger partial charge in [-0.05, 0) is 57.7 Å². The molecule has 0 bridgehead atoms. The largest absolute Gasteiger partial charge is 0.369 e. The Morgan fingerprint density at radius 1 is 1.19 bits per heavy atom. The highest BCUT2D eigenvalue weighted by Gasteiger charge is 2.43. The van der Waals surface area contributed by atoms with E-state index in [4.69, 9.17) is 23.1 Å². The van der Waals surface area contributed by atoms with Crippen molar-refractivity contribution in [3.8, 4) is 0 Å². The van der Waals surface area contributed by atoms with E-state index in [1.54, 1.807) is 30.9 Å². The first-order valence-corrected chi connectivity index (χ1v) is 10.6. The molecule has 1 aromatic carbocycles. The Labute approximate surface area is 159 Å². The van der Waals surface area contributed by atoms with Gasteiger partial charge in [0.2, 0.25) is 11.9 Å². The third kappa shape index (κ3) is 3.16. The number of anilines is 1. The van der Waals surface area contributed by atoms with Gasteiger partial charge in [0.1, 0.15) is 5.66 Å². The van der Waals surface area contributed by atoms with Crippen LogP contribution >= 0.6 is 11.6 Å². The highest BCUT2D eigenvalue weighted by Crippen LogP contribution is 2.42. The summed E-state index contributed by atoms with van der Waals surface area (Å²) in [5, 5.41) is -0.146. The Morgan fingerprint density at radius 3 is 2.46 bits per heavy atom. The molecule has 3 rings (SSSR count). The van der Waals surface area contributed by atoms with Crippen molar-refractivity contribution in [1.29, 1.82) is 0 Å². The maximum atomic E-state index is 12.6. The number of benzene rings is 1. The van der Waals surface area contributed by atoms with Gasteiger partial charge in [-0.1, -0.05) is 18.0 Å². The number of rotatable bonds is 3. The number of halogens is 1. The molecule has 0 radical (unpaired) electrons. The molecule has 2 aliphatic rings. The quantitative estimate of drug-likeness (QED) is 0.813. The van der Waals surface area contributed by atoms with Crippen molar-refractivity contribution in [2.75, 3.05) is 4.90 Å². The summed E-state index contributed by atoms with van der Waals surface area (Å²) in [6.07, 6.45) is 4.56. The van der Waals surface area contributed by atoms with Gasteiger partial charge in [0.15, 0.2) is 9.84 Å². The number of nitrogens with two attached hydrogens (primary N) is 2. The summed E-state index contributed by atoms with van der Waals surface area (Å²) in [4.78, 5) is 10.6. The molecule has 1 aliphatic heterocycles. The number of guanidine groups is 2. The summed E-state index contributed by atoms with van der Waals surface area (Å²) in [7, 11) is -3.45. The van der Waals surface area contributed by atoms with Gasteiger partial charge < -0.3 is 11.5 Å². The lowest BCUT2D eigenvalue weighted by Crippen LogP contribution is -2.58. The van der Waals surface area contributed by atoms with Gasteiger partial charge in [-0.25, -0.2) is 13.4 Å². The van der Waals surface area contributed by atoms with E-state index < -0.39 is 20.8 Å². The molecule has 9 heteroatoms. The lowest BCUT2D eigenvalue weighted by molar-refractivity contribution is 0.305. The molecule has 1 aliphatic carbocycles. The lowest BCUT2D eigenvalue weighted by atomic mass is 9.87. The molecule has 0 atom stereocenters. The van der Waals surface area contributed by atoms with Crippen molar-refractivity contribution in [3.05, 3.63) is 23.2 Å². The topological polar surface area (TPSA) is 114 Å². The Hall–Kier alpha value is -1.80. The van der Waals surface area contributed by atoms with E-state index in [2.05, 4.69) is 9.98 Å². The predicted octanol–water partition coefficient (Wildman–Crippen LogP) is 2.63. The van der Waals surface area contributed by atoms with Crippen molar-refractivity contribution in [2.24, 2.45) is 21.5 Å². The molecule has 7 nitrogen and oxygen atoms in total. The number of nitrogens with zero attached hydrogens (tertiary/aromatic N) is 3. The second kappa shape index (κ2) is 6.74. The number of hydrogen-bond donors (Lipinski definition) is 2. The van der Waals surface area contributed by atoms with Crippen LogP contribution in [0.5, 0.6) is 0 Å². The summed E-state index contributed by atoms with van der Waals surface area (Å²) in [6.45, 7) is 3.29. The lowest BCUT2D eigenvalue weighted by Gasteiger charge is -2.45. The van der Waals surface area contributed by atoms with E-state index in [9.17, 15) is 8.42 Å². The molecule has 0 unspecified atom stereocenters. The van der Waals surface area contributed by atoms with Crippen molar-refractivity contribution in [3.63, 3.8) is 0 Å². The molecule has 4 N–H and O–H groups in total. The first-order valence-electron chi connectivity index (χ1n) is 8.70. The average molecular weight is 398 g/mol. The van der Waals surface area contributed by atoms with Gasteiger partial charge in [-0.3, -0.25) is 4.90 Å². The minimum Gasteiger partial charge on any atom is -0.369 e. The number of sulfone groups is 1. The molecular formula is C17H24ClN5O2S. The van der Waals surface area contributed by atoms with Gasteiger partial charge in [0, 0.05) is 0 Å². The second-order valence-corrected chi connectivity index (χ2v) is 9.94. The zero-order chi connectivity index (χ0) is 19.1. The van der Waals surface area contributed by atoms with Crippen molar-refractivity contribution < 1.29 is 8.42 Å². The number of aliphatic imine (C=N–C) groups is 2. The summed E-state index contributed by atoms with van der Waals surface area (Å²) < 4.78 is 25.2. The molecule has 26 heavy (non-hydrogen) atoms. The monoisotopic (exact) mass is 397 g/mol. The molecule has 0 aromatic heterocycles. The molecular weight excluding hydrogens is 374 g/mol. The van der Waals surface area contributed by atoms with E-state index in [0.29, 0.717) is 10.7 Å². The molecule has 1 saturated carbocycles. The molecule has 0 saturated heterocycles. The Morgan fingerprint density at radius 2 is 1.85 bits per heavy atom. The first-order chi connectivity index (χ1) is 12.2. The first kappa shape index (κ1) is 19.0. The van der Waals surface area contributed by atoms with E-state index in [0.717, 1.165) is 32.1 Å². The van der Waals surface area contributed by atoms with E-state index >= 15 is 0 Å². The van der Waals surface area contributed by atoms with Crippen LogP contribution in [0.25, 0.3) is 0 Å². The molecule has 1 heterocycles. The van der Waals surface area contributed by atoms with E-state index in [-0.39, 0.29) is 16.8 Å². The van der Waals surface area contributed by atoms with Crippen LogP contribution < -0.4 is 16.4 Å². The standard InChI is InChI=1S/C17H24ClN5O2S/c1-11(2)26(24,25)12-6-7-13(18)14(10-12)23-16(20)21-15(19)22-17(23)8-4-3-5-9-17/h6-7,10-11H,3-5,8-9H2,1-2H3,(H4,19,20,21,22). The SMILES string of the molecule is CC(C)S(=O)(=O)c1ccc(Cl)c(N2C(N)=NC(N)=NC23CCCCC3)c1. The Balaban J connectivity index is 2.16. The highest BCUT2D eigenvalue weighted by atomic mass is 35.5. The fraction of sp³-hybridized carbons (Fsp3) is 0.529. The summed E-state index contributed by atoms with van der Waals surface area (Å²) in [6, 6.07) is 4.66. The van der Waals surface area contributed by atoms with Crippen molar-refractivity contribution in [2.45, 2.75) is 61.8 Å². The third-order valence-electron chi connectivity index (χ3n) is 4.96. The van der Waals surface area contributed by atoms with Crippen LogP contribution in [0.15, 0.2) is 33.1 Å². The predicted molar refractivity (Wildman–Crippen MR) is 105 cm³/mol. The molecule has 142 valence electrons. The normalized spacial score (nSPS) is 20.2. The fourth-order valence-electron chi connectivity index (χ4n) is 3.58. The van der Waals surface area contributed by atoms with Gasteiger partial charge in [0.25, 0.3) is 0 Å².